The van der Waals surface area contributed by atoms with E-state index in [-0.39, 0.29) is 17.3 Å². The van der Waals surface area contributed by atoms with E-state index in [9.17, 15) is 15.2 Å². The molecule has 1 rings (SSSR count). The standard InChI is InChI=1S/C9H11ClN2O4/c1-16-8-4-6(12(14)15)2-3-7(8)11-9(13)5-10/h2-4,9,11,13H,5H2,1H3. The number of hydrogen-bond acceptors (Lipinski definition) is 5. The summed E-state index contributed by atoms with van der Waals surface area (Å²) in [5, 5.41) is 22.4. The minimum Gasteiger partial charge on any atom is -0.494 e. The Morgan fingerprint density at radius 3 is 2.88 bits per heavy atom. The van der Waals surface area contributed by atoms with Gasteiger partial charge >= 0.3 is 0 Å². The molecule has 0 saturated heterocycles. The van der Waals surface area contributed by atoms with Gasteiger partial charge < -0.3 is 15.2 Å². The Morgan fingerprint density at radius 1 is 1.69 bits per heavy atom. The van der Waals surface area contributed by atoms with Crippen molar-refractivity contribution in [1.82, 2.24) is 0 Å². The number of non-ortho nitro benzene ring substituents is 1. The molecule has 0 fully saturated rings. The van der Waals surface area contributed by atoms with Gasteiger partial charge in [-0.2, -0.15) is 0 Å². The van der Waals surface area contributed by atoms with Gasteiger partial charge in [0.25, 0.3) is 5.69 Å². The zero-order valence-corrected chi connectivity index (χ0v) is 9.27. The number of nitrogens with one attached hydrogen (secondary N) is 1. The third kappa shape index (κ3) is 2.98. The summed E-state index contributed by atoms with van der Waals surface area (Å²) in [6.07, 6.45) is -0.933. The molecular weight excluding hydrogens is 236 g/mol. The van der Waals surface area contributed by atoms with E-state index in [1.165, 1.54) is 25.3 Å². The number of nitro benzene ring substituents is 1. The van der Waals surface area contributed by atoms with Gasteiger partial charge in [-0.3, -0.25) is 10.1 Å². The van der Waals surface area contributed by atoms with E-state index in [4.69, 9.17) is 16.3 Å². The highest BCUT2D eigenvalue weighted by atomic mass is 35.5. The first-order valence-electron chi connectivity index (χ1n) is 4.41. The van der Waals surface area contributed by atoms with Crippen molar-refractivity contribution in [3.8, 4) is 5.75 Å². The Kier molecular flexibility index (Phi) is 4.33. The van der Waals surface area contributed by atoms with Crippen molar-refractivity contribution in [3.63, 3.8) is 0 Å². The Morgan fingerprint density at radius 2 is 2.38 bits per heavy atom. The van der Waals surface area contributed by atoms with Crippen LogP contribution in [-0.4, -0.2) is 29.2 Å². The van der Waals surface area contributed by atoms with Crippen molar-refractivity contribution >= 4 is 23.0 Å². The lowest BCUT2D eigenvalue weighted by Gasteiger charge is -2.14. The van der Waals surface area contributed by atoms with Crippen molar-refractivity contribution in [2.45, 2.75) is 6.23 Å². The van der Waals surface area contributed by atoms with Gasteiger partial charge in [-0.25, -0.2) is 0 Å². The largest absolute Gasteiger partial charge is 0.494 e. The number of aliphatic hydroxyl groups excluding tert-OH is 1. The lowest BCUT2D eigenvalue weighted by atomic mass is 10.2. The molecule has 7 heteroatoms. The molecule has 0 bridgehead atoms. The predicted octanol–water partition coefficient (Wildman–Crippen LogP) is 1.57. The van der Waals surface area contributed by atoms with Crippen molar-refractivity contribution in [2.24, 2.45) is 0 Å². The van der Waals surface area contributed by atoms with E-state index in [0.717, 1.165) is 0 Å². The summed E-state index contributed by atoms with van der Waals surface area (Å²) in [7, 11) is 1.39. The van der Waals surface area contributed by atoms with Crippen LogP contribution in [0.25, 0.3) is 0 Å². The summed E-state index contributed by atoms with van der Waals surface area (Å²) >= 11 is 5.42. The fourth-order valence-electron chi connectivity index (χ4n) is 1.13. The average Bonchev–Trinajstić information content (AvgIpc) is 2.29. The highest BCUT2D eigenvalue weighted by Crippen LogP contribution is 2.29. The molecule has 0 aliphatic heterocycles. The first-order chi connectivity index (χ1) is 7.58. The van der Waals surface area contributed by atoms with Gasteiger partial charge in [-0.1, -0.05) is 0 Å². The minimum atomic E-state index is -0.933. The maximum Gasteiger partial charge on any atom is 0.273 e. The van der Waals surface area contributed by atoms with Gasteiger partial charge in [0.1, 0.15) is 12.0 Å². The Bertz CT molecular complexity index is 386. The molecule has 6 nitrogen and oxygen atoms in total. The summed E-state index contributed by atoms with van der Waals surface area (Å²) in [5.41, 5.74) is 0.365. The number of aliphatic hydroxyl groups is 1. The van der Waals surface area contributed by atoms with Gasteiger partial charge in [0.05, 0.1) is 29.7 Å². The van der Waals surface area contributed by atoms with Crippen LogP contribution in [0, 0.1) is 10.1 Å². The minimum absolute atomic E-state index is 0.000141. The number of methoxy groups -OCH3 is 1. The Labute approximate surface area is 96.9 Å². The molecule has 2 N–H and O–H groups in total. The zero-order chi connectivity index (χ0) is 12.1. The molecule has 16 heavy (non-hydrogen) atoms. The van der Waals surface area contributed by atoms with E-state index in [1.54, 1.807) is 0 Å². The summed E-state index contributed by atoms with van der Waals surface area (Å²) in [4.78, 5) is 9.99. The molecule has 0 aliphatic rings. The van der Waals surface area contributed by atoms with E-state index in [1.807, 2.05) is 0 Å². The summed E-state index contributed by atoms with van der Waals surface area (Å²) in [6, 6.07) is 4.03. The molecule has 1 atom stereocenters. The molecule has 1 unspecified atom stereocenters. The monoisotopic (exact) mass is 246 g/mol. The van der Waals surface area contributed by atoms with E-state index in [0.29, 0.717) is 5.69 Å². The van der Waals surface area contributed by atoms with Crippen molar-refractivity contribution in [3.05, 3.63) is 28.3 Å². The van der Waals surface area contributed by atoms with Crippen LogP contribution in [0.2, 0.25) is 0 Å². The van der Waals surface area contributed by atoms with Crippen LogP contribution in [-0.2, 0) is 0 Å². The van der Waals surface area contributed by atoms with Crippen LogP contribution >= 0.6 is 11.6 Å². The molecule has 0 heterocycles. The quantitative estimate of drug-likeness (QED) is 0.357. The smallest absolute Gasteiger partial charge is 0.273 e. The first-order valence-corrected chi connectivity index (χ1v) is 4.95. The molecule has 0 amide bonds. The molecule has 1 aromatic carbocycles. The molecule has 1 aromatic rings. The van der Waals surface area contributed by atoms with E-state index < -0.39 is 11.2 Å². The molecule has 0 spiro atoms. The number of alkyl halides is 1. The molecule has 88 valence electrons. The maximum atomic E-state index is 10.5. The molecule has 0 radical (unpaired) electrons. The molecule has 0 aliphatic carbocycles. The maximum absolute atomic E-state index is 10.5. The Balaban J connectivity index is 2.97. The summed E-state index contributed by atoms with van der Waals surface area (Å²) in [5.74, 6) is 0.276. The van der Waals surface area contributed by atoms with Crippen LogP contribution in [0.1, 0.15) is 0 Å². The SMILES string of the molecule is COc1cc([N+](=O)[O-])ccc1NC(O)CCl. The fraction of sp³-hybridized carbons (Fsp3) is 0.333. The molecule has 0 saturated carbocycles. The third-order valence-corrected chi connectivity index (χ3v) is 2.16. The Hall–Kier alpha value is -1.53. The second-order valence-corrected chi connectivity index (χ2v) is 3.26. The van der Waals surface area contributed by atoms with Gasteiger partial charge in [0, 0.05) is 6.07 Å². The highest BCUT2D eigenvalue weighted by molar-refractivity contribution is 6.18. The first kappa shape index (κ1) is 12.5. The van der Waals surface area contributed by atoms with Gasteiger partial charge in [0.2, 0.25) is 0 Å². The van der Waals surface area contributed by atoms with Gasteiger partial charge in [-0.05, 0) is 6.07 Å². The lowest BCUT2D eigenvalue weighted by molar-refractivity contribution is -0.384. The van der Waals surface area contributed by atoms with E-state index >= 15 is 0 Å². The van der Waals surface area contributed by atoms with Gasteiger partial charge in [-0.15, -0.1) is 11.6 Å². The van der Waals surface area contributed by atoms with Crippen LogP contribution < -0.4 is 10.1 Å². The summed E-state index contributed by atoms with van der Waals surface area (Å²) in [6.45, 7) is 0. The van der Waals surface area contributed by atoms with Crippen LogP contribution in [0.4, 0.5) is 11.4 Å². The predicted molar refractivity (Wildman–Crippen MR) is 60.0 cm³/mol. The summed E-state index contributed by atoms with van der Waals surface area (Å²) < 4.78 is 4.96. The van der Waals surface area contributed by atoms with Crippen molar-refractivity contribution in [2.75, 3.05) is 18.3 Å². The van der Waals surface area contributed by atoms with Crippen LogP contribution in [0.5, 0.6) is 5.75 Å². The van der Waals surface area contributed by atoms with Crippen molar-refractivity contribution in [1.29, 1.82) is 0 Å². The number of halogens is 1. The lowest BCUT2D eigenvalue weighted by Crippen LogP contribution is -2.20. The number of rotatable bonds is 5. The fourth-order valence-corrected chi connectivity index (χ4v) is 1.21. The molecule has 0 aromatic heterocycles. The number of ether oxygens (including phenoxy) is 1. The van der Waals surface area contributed by atoms with Crippen molar-refractivity contribution < 1.29 is 14.8 Å². The zero-order valence-electron chi connectivity index (χ0n) is 8.51. The number of nitrogens with zero attached hydrogens (tertiary/aromatic N) is 1. The number of benzene rings is 1. The normalized spacial score (nSPS) is 11.9. The van der Waals surface area contributed by atoms with E-state index in [2.05, 4.69) is 5.32 Å². The van der Waals surface area contributed by atoms with Crippen LogP contribution in [0.15, 0.2) is 18.2 Å². The average molecular weight is 247 g/mol. The highest BCUT2D eigenvalue weighted by Gasteiger charge is 2.12. The third-order valence-electron chi connectivity index (χ3n) is 1.86. The second kappa shape index (κ2) is 5.53. The topological polar surface area (TPSA) is 84.6 Å². The number of hydrogen-bond donors (Lipinski definition) is 2. The van der Waals surface area contributed by atoms with Crippen LogP contribution in [0.3, 0.4) is 0 Å². The van der Waals surface area contributed by atoms with Gasteiger partial charge in [0.15, 0.2) is 0 Å². The number of nitro groups is 1. The number of anilines is 1. The molecular formula is C9H11ClN2O4. The second-order valence-electron chi connectivity index (χ2n) is 2.96.